The minimum atomic E-state index is -1.94. The lowest BCUT2D eigenvalue weighted by Gasteiger charge is -2.40. The van der Waals surface area contributed by atoms with Crippen LogP contribution in [0.4, 0.5) is 0 Å². The lowest BCUT2D eigenvalue weighted by molar-refractivity contribution is 1.07. The molecule has 0 unspecified atom stereocenters. The van der Waals surface area contributed by atoms with Crippen molar-refractivity contribution in [1.29, 1.82) is 0 Å². The summed E-state index contributed by atoms with van der Waals surface area (Å²) in [6.45, 7) is 0. The molecule has 0 saturated heterocycles. The maximum atomic E-state index is 5.23. The van der Waals surface area contributed by atoms with E-state index in [2.05, 4.69) is 188 Å². The van der Waals surface area contributed by atoms with Crippen molar-refractivity contribution in [2.24, 2.45) is 0 Å². The molecule has 0 bridgehead atoms. The van der Waals surface area contributed by atoms with E-state index < -0.39 is 10.0 Å². The molecule has 0 spiro atoms. The number of benzene rings is 9. The molecule has 0 radical (unpaired) electrons. The molecule has 57 heavy (non-hydrogen) atoms. The van der Waals surface area contributed by atoms with Crippen molar-refractivity contribution in [2.75, 3.05) is 0 Å². The highest BCUT2D eigenvalue weighted by Gasteiger charge is 2.44. The number of aromatic nitrogens is 3. The topological polar surface area (TPSA) is 38.7 Å². The van der Waals surface area contributed by atoms with Gasteiger partial charge < -0.3 is 0 Å². The normalized spacial score (nSPS) is 13.3. The predicted octanol–water partition coefficient (Wildman–Crippen LogP) is 14.2. The van der Waals surface area contributed by atoms with E-state index in [1.165, 1.54) is 57.8 Å². The van der Waals surface area contributed by atoms with Crippen LogP contribution in [0.5, 0.6) is 0 Å². The molecule has 3 nitrogen and oxygen atoms in total. The van der Waals surface area contributed by atoms with Crippen LogP contribution in [0.2, 0.25) is 0 Å². The zero-order valence-electron chi connectivity index (χ0n) is 31.0. The molecule has 2 heterocycles. The summed E-state index contributed by atoms with van der Waals surface area (Å²) in [6.07, 6.45) is 0. The molecule has 9 aromatic carbocycles. The third-order valence-electron chi connectivity index (χ3n) is 11.1. The van der Waals surface area contributed by atoms with Crippen LogP contribution >= 0.6 is 10.0 Å². The van der Waals surface area contributed by atoms with Gasteiger partial charge in [-0.15, -0.1) is 10.0 Å². The molecule has 0 atom stereocenters. The number of fused-ring (bicyclic) bond motifs is 8. The lowest BCUT2D eigenvalue weighted by atomic mass is 9.92. The van der Waals surface area contributed by atoms with Gasteiger partial charge in [0.2, 0.25) is 0 Å². The van der Waals surface area contributed by atoms with E-state index in [-0.39, 0.29) is 0 Å². The summed E-state index contributed by atoms with van der Waals surface area (Å²) in [6, 6.07) is 76.3. The first kappa shape index (κ1) is 33.2. The maximum absolute atomic E-state index is 5.23. The molecule has 0 fully saturated rings. The fourth-order valence-corrected chi connectivity index (χ4v) is 13.0. The first-order chi connectivity index (χ1) is 28.3. The first-order valence-electron chi connectivity index (χ1n) is 19.3. The lowest BCUT2D eigenvalue weighted by Crippen LogP contribution is -2.03. The van der Waals surface area contributed by atoms with Crippen LogP contribution in [-0.2, 0) is 0 Å². The molecule has 1 aromatic heterocycles. The summed E-state index contributed by atoms with van der Waals surface area (Å²) in [5, 5.41) is 5.08. The summed E-state index contributed by atoms with van der Waals surface area (Å²) >= 11 is 0. The van der Waals surface area contributed by atoms with Crippen LogP contribution in [0.1, 0.15) is 0 Å². The van der Waals surface area contributed by atoms with Gasteiger partial charge in [0.25, 0.3) is 0 Å². The van der Waals surface area contributed by atoms with E-state index in [9.17, 15) is 0 Å². The Balaban J connectivity index is 1.19. The van der Waals surface area contributed by atoms with Gasteiger partial charge in [-0.2, -0.15) is 0 Å². The van der Waals surface area contributed by atoms with Crippen LogP contribution in [-0.4, -0.2) is 15.0 Å². The quantitative estimate of drug-likeness (QED) is 0.159. The standard InChI is InChI=1S/C53H35N3S/c1-5-17-36(18-6-1)37-29-31-39(32-30-37)52-54-51(38-19-7-2-8-20-38)55-53(56-52)40-33-34-48-47(35-40)49-45-27-15-13-25-43(45)44-26-14-16-28-46(44)50(49)57(48,41-21-9-3-10-22-41)42-23-11-4-12-24-42/h1-35H. The van der Waals surface area contributed by atoms with Crippen molar-refractivity contribution < 1.29 is 0 Å². The minimum absolute atomic E-state index is 0.643. The largest absolute Gasteiger partial charge is 0.208 e. The van der Waals surface area contributed by atoms with Crippen molar-refractivity contribution in [3.63, 3.8) is 0 Å². The molecule has 1 aliphatic heterocycles. The Kier molecular flexibility index (Phi) is 7.90. The Hall–Kier alpha value is -7.14. The van der Waals surface area contributed by atoms with Crippen molar-refractivity contribution in [2.45, 2.75) is 19.6 Å². The number of nitrogens with zero attached hydrogens (tertiary/aromatic N) is 3. The minimum Gasteiger partial charge on any atom is -0.208 e. The van der Waals surface area contributed by atoms with Gasteiger partial charge in [-0.05, 0) is 74.6 Å². The molecule has 1 aliphatic rings. The van der Waals surface area contributed by atoms with Gasteiger partial charge >= 0.3 is 0 Å². The monoisotopic (exact) mass is 745 g/mol. The second kappa shape index (κ2) is 13.6. The maximum Gasteiger partial charge on any atom is 0.164 e. The Bertz CT molecular complexity index is 3050. The molecule has 0 aliphatic carbocycles. The van der Waals surface area contributed by atoms with Crippen molar-refractivity contribution in [3.05, 3.63) is 212 Å². The summed E-state index contributed by atoms with van der Waals surface area (Å²) in [5.74, 6) is 1.94. The van der Waals surface area contributed by atoms with E-state index >= 15 is 0 Å². The molecule has 4 heteroatoms. The molecule has 268 valence electrons. The first-order valence-corrected chi connectivity index (χ1v) is 20.9. The van der Waals surface area contributed by atoms with E-state index in [0.29, 0.717) is 17.5 Å². The van der Waals surface area contributed by atoms with Gasteiger partial charge in [0, 0.05) is 41.8 Å². The summed E-state index contributed by atoms with van der Waals surface area (Å²) in [4.78, 5) is 20.8. The number of hydrogen-bond acceptors (Lipinski definition) is 3. The van der Waals surface area contributed by atoms with Crippen molar-refractivity contribution in [1.82, 2.24) is 15.0 Å². The molecule has 0 amide bonds. The van der Waals surface area contributed by atoms with Crippen LogP contribution in [0.15, 0.2) is 232 Å². The van der Waals surface area contributed by atoms with E-state index in [1.807, 2.05) is 24.3 Å². The van der Waals surface area contributed by atoms with Crippen molar-refractivity contribution in [3.8, 4) is 56.4 Å². The fraction of sp³-hybridized carbons (Fsp3) is 0. The number of hydrogen-bond donors (Lipinski definition) is 0. The second-order valence-corrected chi connectivity index (χ2v) is 17.4. The van der Waals surface area contributed by atoms with Gasteiger partial charge in [-0.3, -0.25) is 0 Å². The Morgan fingerprint density at radius 2 is 0.684 bits per heavy atom. The van der Waals surface area contributed by atoms with Crippen LogP contribution in [0.25, 0.3) is 78.0 Å². The van der Waals surface area contributed by atoms with Gasteiger partial charge in [-0.25, -0.2) is 15.0 Å². The van der Waals surface area contributed by atoms with Gasteiger partial charge in [0.1, 0.15) is 0 Å². The zero-order valence-corrected chi connectivity index (χ0v) is 31.8. The number of rotatable bonds is 6. The third-order valence-corrected chi connectivity index (χ3v) is 15.2. The summed E-state index contributed by atoms with van der Waals surface area (Å²) < 4.78 is 0. The molecule has 0 saturated carbocycles. The molecular weight excluding hydrogens is 711 g/mol. The van der Waals surface area contributed by atoms with E-state index in [1.54, 1.807) is 0 Å². The second-order valence-electron chi connectivity index (χ2n) is 14.4. The van der Waals surface area contributed by atoms with Crippen LogP contribution in [0, 0.1) is 0 Å². The highest BCUT2D eigenvalue weighted by atomic mass is 32.3. The summed E-state index contributed by atoms with van der Waals surface area (Å²) in [7, 11) is -1.94. The SMILES string of the molecule is c1ccc(-c2ccc(-c3nc(-c4ccccc4)nc(-c4ccc5c(c4)-c4c(c6ccccc6c6ccccc46)S5(c4ccccc4)c4ccccc4)n3)cc2)cc1. The van der Waals surface area contributed by atoms with Gasteiger partial charge in [-0.1, -0.05) is 176 Å². The molecule has 0 N–H and O–H groups in total. The average molecular weight is 746 g/mol. The van der Waals surface area contributed by atoms with Gasteiger partial charge in [0.05, 0.1) is 0 Å². The van der Waals surface area contributed by atoms with Gasteiger partial charge in [0.15, 0.2) is 17.5 Å². The third kappa shape index (κ3) is 5.33. The zero-order chi connectivity index (χ0) is 37.8. The average Bonchev–Trinajstić information content (AvgIpc) is 3.62. The Morgan fingerprint density at radius 3 is 1.26 bits per heavy atom. The van der Waals surface area contributed by atoms with Crippen molar-refractivity contribution >= 4 is 31.6 Å². The molecule has 10 aromatic rings. The Labute approximate surface area is 333 Å². The van der Waals surface area contributed by atoms with E-state index in [4.69, 9.17) is 15.0 Å². The van der Waals surface area contributed by atoms with Crippen LogP contribution < -0.4 is 0 Å². The smallest absolute Gasteiger partial charge is 0.164 e. The fourth-order valence-electron chi connectivity index (χ4n) is 8.60. The predicted molar refractivity (Wildman–Crippen MR) is 236 cm³/mol. The molecule has 11 rings (SSSR count). The Morgan fingerprint density at radius 1 is 0.298 bits per heavy atom. The summed E-state index contributed by atoms with van der Waals surface area (Å²) in [5.41, 5.74) is 7.68. The molecular formula is C53H35N3S. The van der Waals surface area contributed by atoms with Crippen LogP contribution in [0.3, 0.4) is 0 Å². The highest BCUT2D eigenvalue weighted by molar-refractivity contribution is 8.34. The van der Waals surface area contributed by atoms with E-state index in [0.717, 1.165) is 22.3 Å². The highest BCUT2D eigenvalue weighted by Crippen LogP contribution is 2.81.